The van der Waals surface area contributed by atoms with Crippen molar-refractivity contribution in [1.29, 1.82) is 0 Å². The van der Waals surface area contributed by atoms with Gasteiger partial charge in [0, 0.05) is 38.0 Å². The van der Waals surface area contributed by atoms with Gasteiger partial charge >= 0.3 is 0 Å². The van der Waals surface area contributed by atoms with Crippen LogP contribution in [-0.4, -0.2) is 18.2 Å². The van der Waals surface area contributed by atoms with Gasteiger partial charge in [0.05, 0.1) is 11.4 Å². The number of rotatable bonds is 4. The number of fused-ring (bicyclic) bond motifs is 2. The predicted molar refractivity (Wildman–Crippen MR) is 121 cm³/mol. The van der Waals surface area contributed by atoms with Gasteiger partial charge in [-0.3, -0.25) is 4.79 Å². The summed E-state index contributed by atoms with van der Waals surface area (Å²) in [4.78, 5) is 19.1. The molecule has 0 fully saturated rings. The molecule has 1 aliphatic heterocycles. The number of aliphatic imine (C=N–C) groups is 1. The third-order valence-corrected chi connectivity index (χ3v) is 6.04. The van der Waals surface area contributed by atoms with E-state index in [4.69, 9.17) is 16.6 Å². The summed E-state index contributed by atoms with van der Waals surface area (Å²) >= 11 is 7.50. The first-order valence-electron chi connectivity index (χ1n) is 9.65. The van der Waals surface area contributed by atoms with Crippen LogP contribution in [0.15, 0.2) is 75.4 Å². The van der Waals surface area contributed by atoms with Crippen LogP contribution in [0.5, 0.6) is 0 Å². The Morgan fingerprint density at radius 1 is 1.07 bits per heavy atom. The van der Waals surface area contributed by atoms with Crippen LogP contribution >= 0.6 is 23.4 Å². The zero-order chi connectivity index (χ0) is 21.3. The number of amides is 1. The molecule has 1 aliphatic rings. The molecule has 0 radical (unpaired) electrons. The maximum absolute atomic E-state index is 14.0. The first kappa shape index (κ1) is 20.6. The summed E-state index contributed by atoms with van der Waals surface area (Å²) in [5.74, 6) is -0.0679. The Morgan fingerprint density at radius 2 is 1.83 bits per heavy atom. The van der Waals surface area contributed by atoms with Crippen LogP contribution in [0, 0.1) is 11.7 Å². The molecule has 30 heavy (non-hydrogen) atoms. The lowest BCUT2D eigenvalue weighted by Gasteiger charge is -2.09. The zero-order valence-corrected chi connectivity index (χ0v) is 18.2. The average molecular weight is 439 g/mol. The van der Waals surface area contributed by atoms with Crippen molar-refractivity contribution in [2.24, 2.45) is 10.9 Å². The molecule has 1 N–H and O–H groups in total. The molecule has 0 spiro atoms. The number of carbonyl (C=O) groups excluding carboxylic acids is 1. The second-order valence-electron chi connectivity index (χ2n) is 7.50. The van der Waals surface area contributed by atoms with Crippen LogP contribution in [0.1, 0.15) is 35.3 Å². The van der Waals surface area contributed by atoms with E-state index in [2.05, 4.69) is 5.32 Å². The van der Waals surface area contributed by atoms with Crippen molar-refractivity contribution >= 4 is 40.7 Å². The fourth-order valence-electron chi connectivity index (χ4n) is 3.13. The van der Waals surface area contributed by atoms with Gasteiger partial charge in [-0.25, -0.2) is 9.38 Å². The maximum Gasteiger partial charge on any atom is 0.251 e. The van der Waals surface area contributed by atoms with Gasteiger partial charge in [-0.1, -0.05) is 49.3 Å². The van der Waals surface area contributed by atoms with Crippen LogP contribution in [-0.2, 0) is 0 Å². The monoisotopic (exact) mass is 438 g/mol. The number of halogens is 2. The molecule has 3 nitrogen and oxygen atoms in total. The largest absolute Gasteiger partial charge is 0.352 e. The summed E-state index contributed by atoms with van der Waals surface area (Å²) in [7, 11) is 0. The second-order valence-corrected chi connectivity index (χ2v) is 9.02. The van der Waals surface area contributed by atoms with E-state index in [1.807, 2.05) is 32.0 Å². The number of hydrogen-bond donors (Lipinski definition) is 1. The number of carbonyl (C=O) groups is 1. The maximum atomic E-state index is 14.0. The first-order valence-corrected chi connectivity index (χ1v) is 10.8. The molecule has 152 valence electrons. The van der Waals surface area contributed by atoms with Crippen LogP contribution in [0.25, 0.3) is 0 Å². The molecule has 0 unspecified atom stereocenters. The highest BCUT2D eigenvalue weighted by Gasteiger charge is 2.21. The Balaban J connectivity index is 1.82. The van der Waals surface area contributed by atoms with Crippen molar-refractivity contribution in [2.75, 3.05) is 6.54 Å². The molecular weight excluding hydrogens is 419 g/mol. The molecule has 1 amide bonds. The number of nitrogens with zero attached hydrogens (tertiary/aromatic N) is 1. The molecule has 0 saturated carbocycles. The minimum Gasteiger partial charge on any atom is -0.352 e. The van der Waals surface area contributed by atoms with E-state index >= 15 is 0 Å². The van der Waals surface area contributed by atoms with Crippen molar-refractivity contribution in [3.8, 4) is 0 Å². The summed E-state index contributed by atoms with van der Waals surface area (Å²) in [5, 5.41) is 3.57. The van der Waals surface area contributed by atoms with Crippen LogP contribution < -0.4 is 5.32 Å². The van der Waals surface area contributed by atoms with Gasteiger partial charge in [0.15, 0.2) is 0 Å². The van der Waals surface area contributed by atoms with E-state index in [0.717, 1.165) is 20.9 Å². The molecule has 0 aromatic heterocycles. The lowest BCUT2D eigenvalue weighted by molar-refractivity contribution is 0.0949. The van der Waals surface area contributed by atoms with E-state index in [1.165, 1.54) is 23.9 Å². The van der Waals surface area contributed by atoms with Gasteiger partial charge in [-0.05, 0) is 54.4 Å². The van der Waals surface area contributed by atoms with Gasteiger partial charge in [-0.15, -0.1) is 0 Å². The third-order valence-electron chi connectivity index (χ3n) is 4.66. The third kappa shape index (κ3) is 4.42. The number of nitrogens with one attached hydrogen (secondary N) is 1. The Bertz CT molecular complexity index is 1140. The quantitative estimate of drug-likeness (QED) is 0.395. The van der Waals surface area contributed by atoms with Crippen LogP contribution in [0.3, 0.4) is 0 Å². The molecule has 4 rings (SSSR count). The van der Waals surface area contributed by atoms with Crippen molar-refractivity contribution in [1.82, 2.24) is 5.32 Å². The topological polar surface area (TPSA) is 41.5 Å². The summed E-state index contributed by atoms with van der Waals surface area (Å²) in [6.07, 6.45) is 0. The average Bonchev–Trinajstić information content (AvgIpc) is 2.88. The van der Waals surface area contributed by atoms with Crippen molar-refractivity contribution in [3.63, 3.8) is 0 Å². The Hall–Kier alpha value is -2.63. The highest BCUT2D eigenvalue weighted by molar-refractivity contribution is 7.99. The van der Waals surface area contributed by atoms with E-state index < -0.39 is 0 Å². The molecule has 3 aromatic carbocycles. The molecule has 0 bridgehead atoms. The van der Waals surface area contributed by atoms with Crippen molar-refractivity contribution < 1.29 is 9.18 Å². The van der Waals surface area contributed by atoms with Gasteiger partial charge < -0.3 is 5.32 Å². The SMILES string of the molecule is CC(C)CNC(=O)c1ccc2c(c1)N=C(c1ccc(Cl)cc1)c1ccc(F)cc1S2. The van der Waals surface area contributed by atoms with Crippen molar-refractivity contribution in [3.05, 3.63) is 88.2 Å². The summed E-state index contributed by atoms with van der Waals surface area (Å²) in [6.45, 7) is 4.70. The smallest absolute Gasteiger partial charge is 0.251 e. The van der Waals surface area contributed by atoms with Crippen LogP contribution in [0.2, 0.25) is 5.02 Å². The van der Waals surface area contributed by atoms with Gasteiger partial charge in [0.2, 0.25) is 0 Å². The normalized spacial score (nSPS) is 12.6. The fourth-order valence-corrected chi connectivity index (χ4v) is 4.29. The zero-order valence-electron chi connectivity index (χ0n) is 16.6. The lowest BCUT2D eigenvalue weighted by Crippen LogP contribution is -2.27. The molecule has 0 aliphatic carbocycles. The Morgan fingerprint density at radius 3 is 2.57 bits per heavy atom. The summed E-state index contributed by atoms with van der Waals surface area (Å²) in [6, 6.07) is 17.5. The highest BCUT2D eigenvalue weighted by atomic mass is 35.5. The summed E-state index contributed by atoms with van der Waals surface area (Å²) < 4.78 is 14.0. The van der Waals surface area contributed by atoms with E-state index in [-0.39, 0.29) is 11.7 Å². The van der Waals surface area contributed by atoms with Crippen molar-refractivity contribution in [2.45, 2.75) is 23.6 Å². The van der Waals surface area contributed by atoms with Gasteiger partial charge in [0.1, 0.15) is 5.82 Å². The number of benzene rings is 3. The van der Waals surface area contributed by atoms with Gasteiger partial charge in [-0.2, -0.15) is 0 Å². The van der Waals surface area contributed by atoms with E-state index in [1.54, 1.807) is 30.3 Å². The van der Waals surface area contributed by atoms with E-state index in [9.17, 15) is 9.18 Å². The second kappa shape index (κ2) is 8.62. The first-order chi connectivity index (χ1) is 14.4. The lowest BCUT2D eigenvalue weighted by atomic mass is 10.0. The van der Waals surface area contributed by atoms with Crippen LogP contribution in [0.4, 0.5) is 10.1 Å². The number of hydrogen-bond acceptors (Lipinski definition) is 3. The molecule has 6 heteroatoms. The highest BCUT2D eigenvalue weighted by Crippen LogP contribution is 2.42. The van der Waals surface area contributed by atoms with Gasteiger partial charge in [0.25, 0.3) is 5.91 Å². The molecular formula is C24H20ClFN2OS. The Kier molecular flexibility index (Phi) is 5.93. The standard InChI is InChI=1S/C24H20ClFN2OS/c1-14(2)13-27-24(29)16-5-10-21-20(11-16)28-23(15-3-6-17(25)7-4-15)19-9-8-18(26)12-22(19)30-21/h3-12,14H,13H2,1-2H3,(H,27,29). The minimum absolute atomic E-state index is 0.132. The Labute approximate surface area is 184 Å². The summed E-state index contributed by atoms with van der Waals surface area (Å²) in [5.41, 5.74) is 3.65. The van der Waals surface area contributed by atoms with E-state index in [0.29, 0.717) is 34.4 Å². The minimum atomic E-state index is -0.301. The molecule has 0 saturated heterocycles. The molecule has 1 heterocycles. The predicted octanol–water partition coefficient (Wildman–Crippen LogP) is 6.50. The molecule has 3 aromatic rings. The molecule has 0 atom stereocenters. The fraction of sp³-hybridized carbons (Fsp3) is 0.167.